The van der Waals surface area contributed by atoms with Gasteiger partial charge in [0.15, 0.2) is 23.9 Å². The van der Waals surface area contributed by atoms with Gasteiger partial charge < -0.3 is 28.7 Å². The Bertz CT molecular complexity index is 1190. The molecule has 0 spiro atoms. The van der Waals surface area contributed by atoms with E-state index < -0.39 is 11.9 Å². The van der Waals surface area contributed by atoms with Gasteiger partial charge in [-0.2, -0.15) is 0 Å². The predicted molar refractivity (Wildman–Crippen MR) is 115 cm³/mol. The van der Waals surface area contributed by atoms with Crippen LogP contribution in [-0.2, 0) is 20.9 Å². The molecule has 0 bridgehead atoms. The Morgan fingerprint density at radius 3 is 2.79 bits per heavy atom. The molecule has 2 aromatic heterocycles. The van der Waals surface area contributed by atoms with Crippen LogP contribution in [-0.4, -0.2) is 42.5 Å². The number of ether oxygens (including phenoxy) is 4. The molecule has 0 aliphatic carbocycles. The molecule has 4 rings (SSSR count). The topological polar surface area (TPSA) is 126 Å². The number of anilines is 1. The smallest absolute Gasteiger partial charge is 0.341 e. The second-order valence-corrected chi connectivity index (χ2v) is 7.55. The van der Waals surface area contributed by atoms with Gasteiger partial charge in [0.05, 0.1) is 24.7 Å². The Balaban J connectivity index is 1.35. The number of pyridine rings is 1. The number of nitrogens with one attached hydrogen (secondary N) is 1. The van der Waals surface area contributed by atoms with E-state index in [-0.39, 0.29) is 41.9 Å². The van der Waals surface area contributed by atoms with Crippen molar-refractivity contribution in [2.45, 2.75) is 11.6 Å². The Morgan fingerprint density at radius 2 is 1.94 bits per heavy atom. The van der Waals surface area contributed by atoms with Crippen LogP contribution in [0, 0.1) is 0 Å². The average Bonchev–Trinajstić information content (AvgIpc) is 3.50. The molecule has 1 amide bonds. The minimum atomic E-state index is -0.672. The molecule has 170 valence electrons. The fourth-order valence-electron chi connectivity index (χ4n) is 2.92. The summed E-state index contributed by atoms with van der Waals surface area (Å²) in [7, 11) is 1.24. The first-order chi connectivity index (χ1) is 16.0. The average molecular weight is 470 g/mol. The van der Waals surface area contributed by atoms with Crippen LogP contribution in [0.2, 0.25) is 0 Å². The van der Waals surface area contributed by atoms with E-state index in [0.717, 1.165) is 11.8 Å². The van der Waals surface area contributed by atoms with Gasteiger partial charge in [0, 0.05) is 18.0 Å². The summed E-state index contributed by atoms with van der Waals surface area (Å²) in [6.45, 7) is -0.120. The molecule has 0 atom stereocenters. The number of nitrogens with zero attached hydrogens (tertiary/aromatic N) is 1. The fraction of sp³-hybridized carbons (Fsp3) is 0.182. The third-order valence-corrected chi connectivity index (χ3v) is 5.48. The maximum Gasteiger partial charge on any atom is 0.341 e. The molecule has 0 radical (unpaired) electrons. The number of fused-ring (bicyclic) bond motifs is 1. The van der Waals surface area contributed by atoms with Crippen molar-refractivity contribution in [3.05, 3.63) is 65.7 Å². The molecule has 1 N–H and O–H groups in total. The van der Waals surface area contributed by atoms with E-state index in [2.05, 4.69) is 15.0 Å². The molecular weight excluding hydrogens is 452 g/mol. The fourth-order valence-corrected chi connectivity index (χ4v) is 3.70. The van der Waals surface area contributed by atoms with Crippen molar-refractivity contribution in [3.63, 3.8) is 0 Å². The maximum absolute atomic E-state index is 12.6. The minimum Gasteiger partial charge on any atom is -0.465 e. The maximum atomic E-state index is 12.6. The molecular formula is C22H18N2O8S. The van der Waals surface area contributed by atoms with Crippen LogP contribution >= 0.6 is 11.8 Å². The van der Waals surface area contributed by atoms with Gasteiger partial charge in [-0.3, -0.25) is 4.79 Å². The van der Waals surface area contributed by atoms with Gasteiger partial charge in [0.25, 0.3) is 0 Å². The van der Waals surface area contributed by atoms with E-state index >= 15 is 0 Å². The number of carbonyl (C=O) groups is 3. The second kappa shape index (κ2) is 10.1. The number of hydrogen-bond acceptors (Lipinski definition) is 10. The molecule has 1 aliphatic rings. The van der Waals surface area contributed by atoms with E-state index in [4.69, 9.17) is 18.6 Å². The highest BCUT2D eigenvalue weighted by Crippen LogP contribution is 2.34. The monoisotopic (exact) mass is 470 g/mol. The quantitative estimate of drug-likeness (QED) is 0.387. The number of benzene rings is 1. The van der Waals surface area contributed by atoms with Crippen molar-refractivity contribution in [1.82, 2.24) is 4.98 Å². The highest BCUT2D eigenvalue weighted by Gasteiger charge is 2.20. The van der Waals surface area contributed by atoms with E-state index in [1.165, 1.54) is 31.7 Å². The first kappa shape index (κ1) is 22.2. The van der Waals surface area contributed by atoms with E-state index in [1.807, 2.05) is 0 Å². The van der Waals surface area contributed by atoms with Crippen molar-refractivity contribution in [2.75, 3.05) is 25.0 Å². The molecule has 0 saturated heterocycles. The lowest BCUT2D eigenvalue weighted by molar-refractivity contribution is -0.113. The predicted octanol–water partition coefficient (Wildman–Crippen LogP) is 3.28. The van der Waals surface area contributed by atoms with E-state index in [9.17, 15) is 14.4 Å². The number of carbonyl (C=O) groups excluding carboxylic acids is 3. The number of thioether (sulfide) groups is 1. The SMILES string of the molecule is COC(=O)c1ccoc1COC(=O)c1cccnc1SCC(=O)Nc1ccc2c(c1)OCO2. The summed E-state index contributed by atoms with van der Waals surface area (Å²) in [4.78, 5) is 40.9. The first-order valence-corrected chi connectivity index (χ1v) is 10.6. The van der Waals surface area contributed by atoms with Crippen molar-refractivity contribution in [1.29, 1.82) is 0 Å². The Morgan fingerprint density at radius 1 is 1.09 bits per heavy atom. The van der Waals surface area contributed by atoms with E-state index in [1.54, 1.807) is 24.3 Å². The molecule has 3 heterocycles. The summed E-state index contributed by atoms with van der Waals surface area (Å²) in [5.41, 5.74) is 0.918. The number of methoxy groups -OCH3 is 1. The summed E-state index contributed by atoms with van der Waals surface area (Å²) in [5.74, 6) is -0.209. The lowest BCUT2D eigenvalue weighted by Gasteiger charge is -2.09. The number of amides is 1. The summed E-state index contributed by atoms with van der Waals surface area (Å²) in [5, 5.41) is 3.09. The summed E-state index contributed by atoms with van der Waals surface area (Å²) in [6, 6.07) is 9.64. The Kier molecular flexibility index (Phi) is 6.79. The number of rotatable bonds is 8. The minimum absolute atomic E-state index is 0.0103. The van der Waals surface area contributed by atoms with Gasteiger partial charge in [0.1, 0.15) is 10.6 Å². The van der Waals surface area contributed by atoms with Gasteiger partial charge in [0.2, 0.25) is 12.7 Å². The zero-order valence-electron chi connectivity index (χ0n) is 17.4. The number of furan rings is 1. The van der Waals surface area contributed by atoms with Gasteiger partial charge in [-0.25, -0.2) is 14.6 Å². The number of hydrogen-bond donors (Lipinski definition) is 1. The molecule has 1 aromatic carbocycles. The molecule has 1 aliphatic heterocycles. The molecule has 0 fully saturated rings. The van der Waals surface area contributed by atoms with Crippen molar-refractivity contribution in [2.24, 2.45) is 0 Å². The Hall–Kier alpha value is -3.99. The molecule has 3 aromatic rings. The molecule has 0 saturated carbocycles. The highest BCUT2D eigenvalue weighted by molar-refractivity contribution is 8.00. The standard InChI is InChI=1S/C22H18N2O8S/c1-28-21(26)14-6-8-29-18(14)10-30-22(27)15-3-2-7-23-20(15)33-11-19(25)24-13-4-5-16-17(9-13)32-12-31-16/h2-9H,10-12H2,1H3,(H,24,25). The van der Waals surface area contributed by atoms with Crippen LogP contribution in [0.4, 0.5) is 5.69 Å². The zero-order valence-corrected chi connectivity index (χ0v) is 18.2. The van der Waals surface area contributed by atoms with Gasteiger partial charge >= 0.3 is 11.9 Å². The summed E-state index contributed by atoms with van der Waals surface area (Å²) in [6.07, 6.45) is 2.82. The lowest BCUT2D eigenvalue weighted by atomic mass is 10.2. The molecule has 11 heteroatoms. The first-order valence-electron chi connectivity index (χ1n) is 9.64. The third-order valence-electron chi connectivity index (χ3n) is 4.47. The lowest BCUT2D eigenvalue weighted by Crippen LogP contribution is -2.15. The second-order valence-electron chi connectivity index (χ2n) is 6.59. The van der Waals surface area contributed by atoms with Crippen LogP contribution in [0.15, 0.2) is 58.3 Å². The van der Waals surface area contributed by atoms with Crippen LogP contribution in [0.5, 0.6) is 11.5 Å². The molecule has 33 heavy (non-hydrogen) atoms. The summed E-state index contributed by atoms with van der Waals surface area (Å²) >= 11 is 1.09. The van der Waals surface area contributed by atoms with Crippen molar-refractivity contribution < 1.29 is 37.7 Å². The summed E-state index contributed by atoms with van der Waals surface area (Å²) < 4.78 is 25.7. The zero-order chi connectivity index (χ0) is 23.2. The van der Waals surface area contributed by atoms with Gasteiger partial charge in [-0.1, -0.05) is 11.8 Å². The number of esters is 2. The largest absolute Gasteiger partial charge is 0.465 e. The molecule has 10 nitrogen and oxygen atoms in total. The van der Waals surface area contributed by atoms with Crippen molar-refractivity contribution in [3.8, 4) is 11.5 Å². The van der Waals surface area contributed by atoms with Crippen molar-refractivity contribution >= 4 is 35.3 Å². The van der Waals surface area contributed by atoms with Gasteiger partial charge in [-0.05, 0) is 30.3 Å². The van der Waals surface area contributed by atoms with Gasteiger partial charge in [-0.15, -0.1) is 0 Å². The molecule has 0 unspecified atom stereocenters. The Labute approximate surface area is 192 Å². The van der Waals surface area contributed by atoms with Crippen LogP contribution < -0.4 is 14.8 Å². The third kappa shape index (κ3) is 5.26. The van der Waals surface area contributed by atoms with Crippen LogP contribution in [0.25, 0.3) is 0 Å². The highest BCUT2D eigenvalue weighted by atomic mass is 32.2. The normalized spacial score (nSPS) is 11.7. The van der Waals surface area contributed by atoms with E-state index in [0.29, 0.717) is 22.2 Å². The van der Waals surface area contributed by atoms with Crippen LogP contribution in [0.3, 0.4) is 0 Å². The van der Waals surface area contributed by atoms with Crippen LogP contribution in [0.1, 0.15) is 26.5 Å². The number of aromatic nitrogens is 1.